The summed E-state index contributed by atoms with van der Waals surface area (Å²) in [6, 6.07) is 7.24. The highest BCUT2D eigenvalue weighted by Gasteiger charge is 2.38. The summed E-state index contributed by atoms with van der Waals surface area (Å²) in [7, 11) is 2.25. The van der Waals surface area contributed by atoms with Crippen LogP contribution in [-0.4, -0.2) is 42.1 Å². The fraction of sp³-hybridized carbons (Fsp3) is 0.625. The molecule has 1 aliphatic rings. The van der Waals surface area contributed by atoms with E-state index in [-0.39, 0.29) is 5.54 Å². The number of aryl methyl sites for hydroxylation is 1. The molecule has 0 saturated carbocycles. The predicted molar refractivity (Wildman–Crippen MR) is 93.6 cm³/mol. The van der Waals surface area contributed by atoms with Gasteiger partial charge in [-0.25, -0.2) is 0 Å². The van der Waals surface area contributed by atoms with Crippen LogP contribution in [0.2, 0.25) is 0 Å². The summed E-state index contributed by atoms with van der Waals surface area (Å²) in [5, 5.41) is 0. The fourth-order valence-electron chi connectivity index (χ4n) is 3.25. The van der Waals surface area contributed by atoms with E-state index in [2.05, 4.69) is 59.3 Å². The highest BCUT2D eigenvalue weighted by Crippen LogP contribution is 2.34. The van der Waals surface area contributed by atoms with Gasteiger partial charge in [-0.2, -0.15) is 11.8 Å². The Kier molecular flexibility index (Phi) is 5.57. The maximum atomic E-state index is 6.20. The lowest BCUT2D eigenvalue weighted by atomic mass is 9.76. The van der Waals surface area contributed by atoms with Gasteiger partial charge in [0.2, 0.25) is 0 Å². The normalized spacial score (nSPS) is 23.7. The van der Waals surface area contributed by atoms with Gasteiger partial charge >= 0.3 is 0 Å². The first-order valence-electron chi connectivity index (χ1n) is 7.21. The molecule has 0 bridgehead atoms. The molecule has 0 saturated heterocycles. The number of halogens is 1. The van der Waals surface area contributed by atoms with Crippen molar-refractivity contribution < 1.29 is 0 Å². The molecule has 0 aromatic heterocycles. The average molecular weight is 357 g/mol. The summed E-state index contributed by atoms with van der Waals surface area (Å²) < 4.78 is 1.18. The molecule has 2 rings (SSSR count). The molecular formula is C16H25BrN2S. The van der Waals surface area contributed by atoms with Gasteiger partial charge in [0.1, 0.15) is 0 Å². The largest absolute Gasteiger partial charge is 0.329 e. The smallest absolute Gasteiger partial charge is 0.0375 e. The van der Waals surface area contributed by atoms with E-state index in [4.69, 9.17) is 5.73 Å². The van der Waals surface area contributed by atoms with E-state index in [1.807, 2.05) is 11.8 Å². The first kappa shape index (κ1) is 16.3. The highest BCUT2D eigenvalue weighted by atomic mass is 79.9. The van der Waals surface area contributed by atoms with E-state index in [1.54, 1.807) is 0 Å². The van der Waals surface area contributed by atoms with Crippen molar-refractivity contribution in [3.8, 4) is 0 Å². The fourth-order valence-corrected chi connectivity index (χ4v) is 4.36. The van der Waals surface area contributed by atoms with Gasteiger partial charge in [0.25, 0.3) is 0 Å². The number of benzene rings is 1. The van der Waals surface area contributed by atoms with Crippen LogP contribution in [0.1, 0.15) is 24.5 Å². The minimum absolute atomic E-state index is 0.121. The molecular weight excluding hydrogens is 332 g/mol. The Bertz CT molecular complexity index is 466. The molecule has 1 aromatic carbocycles. The lowest BCUT2D eigenvalue weighted by molar-refractivity contribution is 0.0798. The first-order valence-corrected chi connectivity index (χ1v) is 9.40. The quantitative estimate of drug-likeness (QED) is 0.877. The summed E-state index contributed by atoms with van der Waals surface area (Å²) in [4.78, 5) is 2.52. The van der Waals surface area contributed by atoms with Gasteiger partial charge in [-0.15, -0.1) is 0 Å². The summed E-state index contributed by atoms with van der Waals surface area (Å²) >= 11 is 5.48. The number of nitrogens with two attached hydrogens (primary N) is 1. The summed E-state index contributed by atoms with van der Waals surface area (Å²) in [6.45, 7) is 3.04. The van der Waals surface area contributed by atoms with Crippen molar-refractivity contribution in [2.75, 3.05) is 25.6 Å². The van der Waals surface area contributed by atoms with Gasteiger partial charge in [0.15, 0.2) is 0 Å². The van der Waals surface area contributed by atoms with Crippen LogP contribution in [0.5, 0.6) is 0 Å². The van der Waals surface area contributed by atoms with Gasteiger partial charge in [-0.3, -0.25) is 4.90 Å². The molecule has 0 amide bonds. The Morgan fingerprint density at radius 1 is 1.45 bits per heavy atom. The van der Waals surface area contributed by atoms with E-state index < -0.39 is 0 Å². The highest BCUT2D eigenvalue weighted by molar-refractivity contribution is 9.10. The molecule has 20 heavy (non-hydrogen) atoms. The van der Waals surface area contributed by atoms with Crippen LogP contribution < -0.4 is 5.73 Å². The monoisotopic (exact) mass is 356 g/mol. The van der Waals surface area contributed by atoms with Gasteiger partial charge in [-0.05, 0) is 62.7 Å². The van der Waals surface area contributed by atoms with E-state index in [1.165, 1.54) is 15.6 Å². The van der Waals surface area contributed by atoms with Crippen LogP contribution in [0.3, 0.4) is 0 Å². The van der Waals surface area contributed by atoms with E-state index in [9.17, 15) is 0 Å². The molecule has 2 atom stereocenters. The van der Waals surface area contributed by atoms with Crippen molar-refractivity contribution in [1.82, 2.24) is 4.90 Å². The summed E-state index contributed by atoms with van der Waals surface area (Å²) in [5.41, 5.74) is 9.27. The second kappa shape index (κ2) is 6.82. The molecule has 1 aliphatic carbocycles. The Hall–Kier alpha value is -0.0300. The molecule has 2 nitrogen and oxygen atoms in total. The average Bonchev–Trinajstić information content (AvgIpc) is 2.46. The minimum Gasteiger partial charge on any atom is -0.329 e. The number of thioether (sulfide) groups is 1. The van der Waals surface area contributed by atoms with Crippen LogP contribution in [0.15, 0.2) is 22.7 Å². The number of fused-ring (bicyclic) bond motifs is 1. The van der Waals surface area contributed by atoms with Crippen molar-refractivity contribution >= 4 is 27.7 Å². The van der Waals surface area contributed by atoms with Gasteiger partial charge in [-0.1, -0.05) is 22.0 Å². The SMILES string of the molecule is CSCC(C)N(C)C1(CN)CCc2cc(Br)ccc2C1. The second-order valence-corrected chi connectivity index (χ2v) is 7.76. The molecule has 4 heteroatoms. The zero-order valence-corrected chi connectivity index (χ0v) is 15.1. The van der Waals surface area contributed by atoms with Crippen LogP contribution in [0, 0.1) is 0 Å². The zero-order valence-electron chi connectivity index (χ0n) is 12.7. The van der Waals surface area contributed by atoms with Crippen molar-refractivity contribution in [2.24, 2.45) is 5.73 Å². The molecule has 2 unspecified atom stereocenters. The zero-order chi connectivity index (χ0) is 14.8. The van der Waals surface area contributed by atoms with Gasteiger partial charge in [0, 0.05) is 28.4 Å². The van der Waals surface area contributed by atoms with Crippen LogP contribution in [0.4, 0.5) is 0 Å². The lowest BCUT2D eigenvalue weighted by Crippen LogP contribution is -2.58. The lowest BCUT2D eigenvalue weighted by Gasteiger charge is -2.47. The minimum atomic E-state index is 0.121. The molecule has 0 aliphatic heterocycles. The molecule has 112 valence electrons. The number of nitrogens with zero attached hydrogens (tertiary/aromatic N) is 1. The molecule has 0 radical (unpaired) electrons. The third kappa shape index (κ3) is 3.24. The summed E-state index contributed by atoms with van der Waals surface area (Å²) in [6.07, 6.45) is 5.53. The number of rotatable bonds is 5. The second-order valence-electron chi connectivity index (χ2n) is 5.93. The van der Waals surface area contributed by atoms with Crippen LogP contribution >= 0.6 is 27.7 Å². The van der Waals surface area contributed by atoms with Crippen LogP contribution in [-0.2, 0) is 12.8 Å². The Morgan fingerprint density at radius 2 is 2.20 bits per heavy atom. The maximum absolute atomic E-state index is 6.20. The van der Waals surface area contributed by atoms with E-state index in [0.29, 0.717) is 6.04 Å². The van der Waals surface area contributed by atoms with Crippen molar-refractivity contribution in [3.63, 3.8) is 0 Å². The van der Waals surface area contributed by atoms with Crippen LogP contribution in [0.25, 0.3) is 0 Å². The standard InChI is InChI=1S/C16H25BrN2S/c1-12(10-20-3)19(2)16(11-18)7-6-13-8-15(17)5-4-14(13)9-16/h4-5,8,12H,6-7,9-11,18H2,1-3H3. The first-order chi connectivity index (χ1) is 9.52. The molecule has 0 fully saturated rings. The third-order valence-electron chi connectivity index (χ3n) is 4.74. The third-order valence-corrected chi connectivity index (χ3v) is 6.05. The van der Waals surface area contributed by atoms with E-state index in [0.717, 1.165) is 31.6 Å². The molecule has 2 N–H and O–H groups in total. The Balaban J connectivity index is 2.23. The number of likely N-dealkylation sites (N-methyl/N-ethyl adjacent to an activating group) is 1. The van der Waals surface area contributed by atoms with Gasteiger partial charge < -0.3 is 5.73 Å². The Morgan fingerprint density at radius 3 is 2.85 bits per heavy atom. The van der Waals surface area contributed by atoms with Gasteiger partial charge in [0.05, 0.1) is 0 Å². The topological polar surface area (TPSA) is 29.3 Å². The number of hydrogen-bond acceptors (Lipinski definition) is 3. The Labute approximate surface area is 135 Å². The molecule has 1 aromatic rings. The molecule has 0 spiro atoms. The molecule has 0 heterocycles. The predicted octanol–water partition coefficient (Wildman–Crippen LogP) is 3.32. The van der Waals surface area contributed by atoms with Crippen molar-refractivity contribution in [2.45, 2.75) is 37.8 Å². The van der Waals surface area contributed by atoms with Crippen molar-refractivity contribution in [3.05, 3.63) is 33.8 Å². The number of hydrogen-bond donors (Lipinski definition) is 1. The maximum Gasteiger partial charge on any atom is 0.0375 e. The van der Waals surface area contributed by atoms with Crippen molar-refractivity contribution in [1.29, 1.82) is 0 Å². The summed E-state index contributed by atoms with van der Waals surface area (Å²) in [5.74, 6) is 1.16. The van der Waals surface area contributed by atoms with E-state index >= 15 is 0 Å².